The van der Waals surface area contributed by atoms with Gasteiger partial charge in [-0.25, -0.2) is 0 Å². The Kier molecular flexibility index (Phi) is 3.70. The first-order valence-electron chi connectivity index (χ1n) is 6.42. The Morgan fingerprint density at radius 1 is 1.11 bits per heavy atom. The lowest BCUT2D eigenvalue weighted by molar-refractivity contribution is 1.09. The quantitative estimate of drug-likeness (QED) is 0.808. The fourth-order valence-electron chi connectivity index (χ4n) is 1.99. The van der Waals surface area contributed by atoms with E-state index < -0.39 is 0 Å². The third-order valence-electron chi connectivity index (χ3n) is 3.39. The van der Waals surface area contributed by atoms with Crippen LogP contribution in [0.15, 0.2) is 48.8 Å². The summed E-state index contributed by atoms with van der Waals surface area (Å²) in [6.45, 7) is 10.1. The van der Waals surface area contributed by atoms with Crippen LogP contribution in [0.5, 0.6) is 0 Å². The molecule has 0 unspecified atom stereocenters. The van der Waals surface area contributed by atoms with Crippen molar-refractivity contribution in [2.45, 2.75) is 20.8 Å². The van der Waals surface area contributed by atoms with Gasteiger partial charge in [-0.3, -0.25) is 4.98 Å². The maximum atomic E-state index is 4.36. The van der Waals surface area contributed by atoms with Crippen molar-refractivity contribution in [2.75, 3.05) is 11.9 Å². The van der Waals surface area contributed by atoms with Crippen molar-refractivity contribution in [1.29, 1.82) is 0 Å². The lowest BCUT2D eigenvalue weighted by atomic mass is 10.0. The summed E-state index contributed by atoms with van der Waals surface area (Å²) in [5.74, 6) is 0. The molecule has 0 fully saturated rings. The van der Waals surface area contributed by atoms with Gasteiger partial charge in [0.05, 0.1) is 0 Å². The first-order valence-corrected chi connectivity index (χ1v) is 6.42. The molecule has 0 aliphatic heterocycles. The van der Waals surface area contributed by atoms with Crippen molar-refractivity contribution in [1.82, 2.24) is 4.98 Å². The maximum absolute atomic E-state index is 4.36. The average molecular weight is 252 g/mol. The van der Waals surface area contributed by atoms with E-state index in [2.05, 4.69) is 47.7 Å². The van der Waals surface area contributed by atoms with Crippen LogP contribution in [0.3, 0.4) is 0 Å². The summed E-state index contributed by atoms with van der Waals surface area (Å²) < 4.78 is 0. The molecule has 0 atom stereocenters. The fourth-order valence-corrected chi connectivity index (χ4v) is 1.99. The number of hydrogen-bond acceptors (Lipinski definition) is 2. The molecule has 98 valence electrons. The van der Waals surface area contributed by atoms with E-state index in [1.54, 1.807) is 0 Å². The Morgan fingerprint density at radius 2 is 1.79 bits per heavy atom. The summed E-state index contributed by atoms with van der Waals surface area (Å²) in [5.41, 5.74) is 6.82. The van der Waals surface area contributed by atoms with Gasteiger partial charge in [-0.05, 0) is 44.0 Å². The minimum atomic E-state index is 1.03. The Morgan fingerprint density at radius 3 is 2.37 bits per heavy atom. The number of nitrogens with zero attached hydrogens (tertiary/aromatic N) is 2. The molecule has 0 aliphatic rings. The van der Waals surface area contributed by atoms with Crippen LogP contribution < -0.4 is 4.90 Å². The number of aryl methyl sites for hydroxylation is 2. The van der Waals surface area contributed by atoms with Gasteiger partial charge in [-0.15, -0.1) is 0 Å². The minimum absolute atomic E-state index is 1.03. The molecule has 1 heterocycles. The second-order valence-corrected chi connectivity index (χ2v) is 4.98. The van der Waals surface area contributed by atoms with Crippen LogP contribution in [0.25, 0.3) is 11.1 Å². The van der Waals surface area contributed by atoms with Crippen molar-refractivity contribution in [3.05, 3.63) is 60.1 Å². The SMILES string of the molecule is C=C(C)N(C)c1cc(-c2ccc(C)nc2)ccc1C. The van der Waals surface area contributed by atoms with E-state index >= 15 is 0 Å². The summed E-state index contributed by atoms with van der Waals surface area (Å²) in [4.78, 5) is 6.47. The van der Waals surface area contributed by atoms with E-state index in [9.17, 15) is 0 Å². The van der Waals surface area contributed by atoms with Gasteiger partial charge >= 0.3 is 0 Å². The zero-order chi connectivity index (χ0) is 14.0. The molecule has 0 bridgehead atoms. The van der Waals surface area contributed by atoms with E-state index in [0.29, 0.717) is 0 Å². The van der Waals surface area contributed by atoms with Crippen LogP contribution in [0.1, 0.15) is 18.2 Å². The van der Waals surface area contributed by atoms with Crippen LogP contribution in [-0.2, 0) is 0 Å². The standard InChI is InChI=1S/C17H20N2/c1-12(2)19(5)17-10-15(8-6-13(17)3)16-9-7-14(4)18-11-16/h6-11H,1H2,2-5H3. The van der Waals surface area contributed by atoms with Gasteiger partial charge in [0.2, 0.25) is 0 Å². The molecule has 2 heteroatoms. The van der Waals surface area contributed by atoms with E-state index in [-0.39, 0.29) is 0 Å². The second kappa shape index (κ2) is 5.27. The van der Waals surface area contributed by atoms with Crippen LogP contribution in [0, 0.1) is 13.8 Å². The molecule has 1 aromatic heterocycles. The third kappa shape index (κ3) is 2.84. The number of aromatic nitrogens is 1. The molecule has 2 nitrogen and oxygen atoms in total. The lowest BCUT2D eigenvalue weighted by Gasteiger charge is -2.22. The lowest BCUT2D eigenvalue weighted by Crippen LogP contribution is -2.14. The van der Waals surface area contributed by atoms with E-state index in [0.717, 1.165) is 17.0 Å². The summed E-state index contributed by atoms with van der Waals surface area (Å²) in [6, 6.07) is 10.6. The zero-order valence-corrected chi connectivity index (χ0v) is 12.1. The normalized spacial score (nSPS) is 10.3. The number of anilines is 1. The van der Waals surface area contributed by atoms with Crippen molar-refractivity contribution < 1.29 is 0 Å². The average Bonchev–Trinajstić information content (AvgIpc) is 2.39. The predicted molar refractivity (Wildman–Crippen MR) is 82.4 cm³/mol. The van der Waals surface area contributed by atoms with Gasteiger partial charge < -0.3 is 4.90 Å². The van der Waals surface area contributed by atoms with E-state index in [1.807, 2.05) is 33.2 Å². The highest BCUT2D eigenvalue weighted by molar-refractivity contribution is 5.71. The summed E-state index contributed by atoms with van der Waals surface area (Å²) in [7, 11) is 2.04. The summed E-state index contributed by atoms with van der Waals surface area (Å²) >= 11 is 0. The first kappa shape index (κ1) is 13.3. The summed E-state index contributed by atoms with van der Waals surface area (Å²) in [6.07, 6.45) is 1.92. The van der Waals surface area contributed by atoms with Crippen molar-refractivity contribution in [2.24, 2.45) is 0 Å². The number of hydrogen-bond donors (Lipinski definition) is 0. The monoisotopic (exact) mass is 252 g/mol. The highest BCUT2D eigenvalue weighted by Gasteiger charge is 2.07. The minimum Gasteiger partial charge on any atom is -0.349 e. The van der Waals surface area contributed by atoms with Gasteiger partial charge in [0, 0.05) is 35.9 Å². The van der Waals surface area contributed by atoms with Crippen LogP contribution in [0.4, 0.5) is 5.69 Å². The number of pyridine rings is 1. The Bertz CT molecular complexity index is 597. The van der Waals surface area contributed by atoms with Crippen LogP contribution >= 0.6 is 0 Å². The Balaban J connectivity index is 2.46. The zero-order valence-electron chi connectivity index (χ0n) is 12.1. The number of rotatable bonds is 3. The number of benzene rings is 1. The fraction of sp³-hybridized carbons (Fsp3) is 0.235. The largest absolute Gasteiger partial charge is 0.349 e. The molecule has 1 aromatic carbocycles. The van der Waals surface area contributed by atoms with Crippen molar-refractivity contribution in [3.63, 3.8) is 0 Å². The molecular weight excluding hydrogens is 232 g/mol. The molecule has 0 N–H and O–H groups in total. The Hall–Kier alpha value is -2.09. The molecule has 0 spiro atoms. The van der Waals surface area contributed by atoms with Gasteiger partial charge in [-0.2, -0.15) is 0 Å². The molecule has 0 saturated carbocycles. The van der Waals surface area contributed by atoms with Gasteiger partial charge in [-0.1, -0.05) is 24.8 Å². The van der Waals surface area contributed by atoms with Crippen molar-refractivity contribution in [3.8, 4) is 11.1 Å². The van der Waals surface area contributed by atoms with E-state index in [4.69, 9.17) is 0 Å². The molecule has 0 amide bonds. The highest BCUT2D eigenvalue weighted by Crippen LogP contribution is 2.28. The van der Waals surface area contributed by atoms with E-state index in [1.165, 1.54) is 16.8 Å². The molecular formula is C17H20N2. The summed E-state index contributed by atoms with van der Waals surface area (Å²) in [5, 5.41) is 0. The van der Waals surface area contributed by atoms with Gasteiger partial charge in [0.15, 0.2) is 0 Å². The predicted octanol–water partition coefficient (Wildman–Crippen LogP) is 4.34. The molecule has 2 rings (SSSR count). The van der Waals surface area contributed by atoms with Crippen LogP contribution in [0.2, 0.25) is 0 Å². The Labute approximate surface area is 115 Å². The number of allylic oxidation sites excluding steroid dienone is 1. The molecule has 2 aromatic rings. The second-order valence-electron chi connectivity index (χ2n) is 4.98. The maximum Gasteiger partial charge on any atom is 0.0441 e. The first-order chi connectivity index (χ1) is 8.99. The third-order valence-corrected chi connectivity index (χ3v) is 3.39. The van der Waals surface area contributed by atoms with Crippen LogP contribution in [-0.4, -0.2) is 12.0 Å². The molecule has 0 saturated heterocycles. The topological polar surface area (TPSA) is 16.1 Å². The molecule has 0 aliphatic carbocycles. The molecule has 0 radical (unpaired) electrons. The van der Waals surface area contributed by atoms with Crippen molar-refractivity contribution >= 4 is 5.69 Å². The van der Waals surface area contributed by atoms with Gasteiger partial charge in [0.1, 0.15) is 0 Å². The smallest absolute Gasteiger partial charge is 0.0441 e. The molecule has 19 heavy (non-hydrogen) atoms. The van der Waals surface area contributed by atoms with Gasteiger partial charge in [0.25, 0.3) is 0 Å². The highest BCUT2D eigenvalue weighted by atomic mass is 15.1.